The monoisotopic (exact) mass is 1130 g/mol. The Hall–Kier alpha value is -3.65. The molecule has 35 nitrogen and oxygen atoms in total. The van der Waals surface area contributed by atoms with Crippen molar-refractivity contribution in [2.75, 3.05) is 39.6 Å². The summed E-state index contributed by atoms with van der Waals surface area (Å²) < 4.78 is 45.8. The van der Waals surface area contributed by atoms with Crippen LogP contribution in [0.3, 0.4) is 0 Å². The van der Waals surface area contributed by atoms with E-state index in [1.165, 1.54) is 0 Å². The summed E-state index contributed by atoms with van der Waals surface area (Å²) >= 11 is 0. The van der Waals surface area contributed by atoms with Crippen LogP contribution in [0.2, 0.25) is 0 Å². The summed E-state index contributed by atoms with van der Waals surface area (Å²) in [5.41, 5.74) is 0. The molecule has 22 N–H and O–H groups in total. The first-order valence-electron chi connectivity index (χ1n) is 23.8. The Morgan fingerprint density at radius 2 is 0.987 bits per heavy atom. The van der Waals surface area contributed by atoms with Crippen molar-refractivity contribution in [1.82, 2.24) is 16.0 Å². The molecular weight excluding hydrogens is 1060 g/mol. The van der Waals surface area contributed by atoms with Crippen LogP contribution in [0.1, 0.15) is 33.6 Å². The van der Waals surface area contributed by atoms with Crippen LogP contribution < -0.4 is 16.0 Å². The Balaban J connectivity index is 1.84. The van der Waals surface area contributed by atoms with Crippen molar-refractivity contribution >= 4 is 29.7 Å². The molecule has 3 amide bonds. The molecule has 0 unspecified atom stereocenters. The van der Waals surface area contributed by atoms with Crippen LogP contribution in [0.25, 0.3) is 0 Å². The Bertz CT molecular complexity index is 1950. The molecule has 4 aliphatic heterocycles. The third-order valence-corrected chi connectivity index (χ3v) is 13.1. The van der Waals surface area contributed by atoms with Gasteiger partial charge in [-0.1, -0.05) is 0 Å². The van der Waals surface area contributed by atoms with Gasteiger partial charge in [0.1, 0.15) is 110 Å². The molecule has 0 aromatic rings. The second kappa shape index (κ2) is 28.2. The molecule has 77 heavy (non-hydrogen) atoms. The molecule has 0 radical (unpaired) electrons. The molecule has 26 atom stereocenters. The maximum Gasteiger partial charge on any atom is 0.364 e. The molecule has 446 valence electrons. The molecule has 0 aliphatic carbocycles. The van der Waals surface area contributed by atoms with Gasteiger partial charge in [-0.3, -0.25) is 14.4 Å². The number of carbonyl (C=O) groups is 5. The second-order valence-electron chi connectivity index (χ2n) is 18.8. The molecule has 4 rings (SSSR count). The maximum atomic E-state index is 13.2. The van der Waals surface area contributed by atoms with Crippen LogP contribution in [0.4, 0.5) is 0 Å². The van der Waals surface area contributed by atoms with Gasteiger partial charge in [0.05, 0.1) is 63.9 Å². The number of hydrogen-bond acceptors (Lipinski definition) is 30. The van der Waals surface area contributed by atoms with E-state index in [0.29, 0.717) is 0 Å². The van der Waals surface area contributed by atoms with Crippen molar-refractivity contribution in [3.8, 4) is 0 Å². The zero-order valence-electron chi connectivity index (χ0n) is 41.3. The van der Waals surface area contributed by atoms with Crippen molar-refractivity contribution in [3.63, 3.8) is 0 Å². The molecule has 4 heterocycles. The Labute approximate surface area is 435 Å². The number of ether oxygens (including phenoxy) is 8. The highest BCUT2D eigenvalue weighted by Gasteiger charge is 2.62. The van der Waals surface area contributed by atoms with E-state index in [4.69, 9.17) is 37.9 Å². The molecular formula is C42H71N3O32. The van der Waals surface area contributed by atoms with Gasteiger partial charge in [-0.25, -0.2) is 9.59 Å². The molecule has 4 aliphatic rings. The van der Waals surface area contributed by atoms with Crippen molar-refractivity contribution in [2.24, 2.45) is 0 Å². The molecule has 0 saturated carbocycles. The van der Waals surface area contributed by atoms with Gasteiger partial charge < -0.3 is 151 Å². The summed E-state index contributed by atoms with van der Waals surface area (Å²) in [6.45, 7) is -4.57. The van der Waals surface area contributed by atoms with E-state index in [2.05, 4.69) is 16.0 Å². The lowest BCUT2D eigenvalue weighted by Gasteiger charge is -2.52. The van der Waals surface area contributed by atoms with E-state index in [1.807, 2.05) is 0 Å². The fourth-order valence-corrected chi connectivity index (χ4v) is 9.13. The molecule has 0 aromatic carbocycles. The zero-order valence-corrected chi connectivity index (χ0v) is 41.3. The molecule has 4 fully saturated rings. The quantitative estimate of drug-likeness (QED) is 0.0382. The number of carbonyl (C=O) groups excluding carboxylic acids is 3. The standard InChI is InChI=1S/C42H71N3O32/c1-12(51)43-23-15(54)4-41(39(66)67,75-33(23)27(61)18(57)7-47)70-11-22-30(64)36(31(65)38(72-22)73-32(20(59)9-49)26(60)17(56)6-46)74-37-25(45-14(3)53)35(29(63)21(10-50)71-37)77-42(40(68)69)5-16(55)24(44-13(2)52)34(76-42)28(62)19(58)8-48/h15-38,46-50,54-65H,4-11H2,1-3H3,(H,43,51)(H,44,52)(H,45,53)(H,66,67)(H,68,69)/t15-,16-,17-,18+,19+,20+,21+,22+,23+,24+,25+,26+,27+,28+,29+,30-,31+,32+,33+,34+,35+,36-,37-,38-,41+,42-/m0/s1. The topological polar surface area (TPSA) is 580 Å². The highest BCUT2D eigenvalue weighted by molar-refractivity contribution is 5.77. The number of rotatable bonds is 26. The second-order valence-corrected chi connectivity index (χ2v) is 18.8. The number of hydrogen-bond donors (Lipinski definition) is 22. The normalized spacial score (nSPS) is 38.9. The number of amides is 3. The third kappa shape index (κ3) is 15.2. The van der Waals surface area contributed by atoms with Crippen LogP contribution in [-0.2, 0) is 61.9 Å². The minimum Gasteiger partial charge on any atom is -0.477 e. The summed E-state index contributed by atoms with van der Waals surface area (Å²) in [5, 5.41) is 209. The van der Waals surface area contributed by atoms with Crippen LogP contribution in [0, 0.1) is 0 Å². The van der Waals surface area contributed by atoms with Crippen molar-refractivity contribution in [2.45, 2.75) is 192 Å². The maximum absolute atomic E-state index is 13.2. The largest absolute Gasteiger partial charge is 0.477 e. The van der Waals surface area contributed by atoms with Crippen molar-refractivity contribution in [1.29, 1.82) is 0 Å². The first-order valence-corrected chi connectivity index (χ1v) is 23.8. The van der Waals surface area contributed by atoms with Gasteiger partial charge in [0, 0.05) is 33.6 Å². The van der Waals surface area contributed by atoms with E-state index >= 15 is 0 Å². The first kappa shape index (κ1) is 65.9. The lowest BCUT2D eigenvalue weighted by molar-refractivity contribution is -0.380. The number of nitrogens with one attached hydrogen (secondary N) is 3. The lowest BCUT2D eigenvalue weighted by atomic mass is 9.88. The molecule has 4 saturated heterocycles. The number of aliphatic hydroxyl groups is 17. The summed E-state index contributed by atoms with van der Waals surface area (Å²) in [7, 11) is 0. The number of carboxylic acids is 2. The number of aliphatic hydroxyl groups excluding tert-OH is 17. The van der Waals surface area contributed by atoms with E-state index in [0.717, 1.165) is 20.8 Å². The van der Waals surface area contributed by atoms with E-state index in [-0.39, 0.29) is 0 Å². The predicted molar refractivity (Wildman–Crippen MR) is 238 cm³/mol. The minimum absolute atomic E-state index is 0.851. The van der Waals surface area contributed by atoms with Crippen molar-refractivity contribution in [3.05, 3.63) is 0 Å². The summed E-state index contributed by atoms with van der Waals surface area (Å²) in [4.78, 5) is 63.4. The first-order chi connectivity index (χ1) is 36.0. The van der Waals surface area contributed by atoms with Gasteiger partial charge in [-0.15, -0.1) is 0 Å². The van der Waals surface area contributed by atoms with Gasteiger partial charge in [-0.2, -0.15) is 0 Å². The van der Waals surface area contributed by atoms with Gasteiger partial charge in [0.25, 0.3) is 11.6 Å². The van der Waals surface area contributed by atoms with Crippen LogP contribution in [0.5, 0.6) is 0 Å². The average Bonchev–Trinajstić information content (AvgIpc) is 3.38. The average molecular weight is 1130 g/mol. The fraction of sp³-hybridized carbons (Fsp3) is 0.881. The Kier molecular flexibility index (Phi) is 24.1. The third-order valence-electron chi connectivity index (χ3n) is 13.1. The molecule has 0 spiro atoms. The van der Waals surface area contributed by atoms with Gasteiger partial charge in [0.2, 0.25) is 17.7 Å². The molecule has 0 aromatic heterocycles. The van der Waals surface area contributed by atoms with Gasteiger partial charge in [0.15, 0.2) is 12.6 Å². The number of aliphatic carboxylic acids is 2. The van der Waals surface area contributed by atoms with E-state index in [9.17, 15) is 121 Å². The van der Waals surface area contributed by atoms with Gasteiger partial charge in [-0.05, 0) is 0 Å². The Morgan fingerprint density at radius 3 is 1.43 bits per heavy atom. The summed E-state index contributed by atoms with van der Waals surface area (Å²) in [5.74, 6) is -13.4. The number of carboxylic acid groups (broad SMARTS) is 2. The van der Waals surface area contributed by atoms with Gasteiger partial charge >= 0.3 is 11.9 Å². The summed E-state index contributed by atoms with van der Waals surface area (Å²) in [6, 6.07) is -5.55. The smallest absolute Gasteiger partial charge is 0.364 e. The highest BCUT2D eigenvalue weighted by Crippen LogP contribution is 2.40. The van der Waals surface area contributed by atoms with E-state index in [1.54, 1.807) is 0 Å². The van der Waals surface area contributed by atoms with Crippen molar-refractivity contribution < 1.29 is 159 Å². The molecule has 35 heteroatoms. The van der Waals surface area contributed by atoms with Crippen LogP contribution in [-0.4, -0.2) is 325 Å². The van der Waals surface area contributed by atoms with E-state index < -0.39 is 240 Å². The zero-order chi connectivity index (χ0) is 58.2. The molecule has 0 bridgehead atoms. The SMILES string of the molecule is CC(=O)N[C@H]1[C@H](O[C@H]2[C@@H](O)[C@@H](CO[C@]3(C(=O)O)C[C@H](O)[C@@H](NC(C)=O)[C@H]([C@H](O)[C@H](O)CO)O3)O[C@@H](O[C@@H]([C@H](O)[C@@H](O)CO)[C@H](O)CO)[C@@H]2O)O[C@H](CO)[C@@H](O)[C@@H]1O[C@]1(C(=O)O)C[C@H](O)[C@@H](NC(C)=O)[C@H]([C@H](O)[C@H](O)CO)O1. The predicted octanol–water partition coefficient (Wildman–Crippen LogP) is -13.4. The lowest BCUT2D eigenvalue weighted by Crippen LogP contribution is -2.72. The summed E-state index contributed by atoms with van der Waals surface area (Å²) in [6.07, 6.45) is -49.3. The van der Waals surface area contributed by atoms with Crippen LogP contribution in [0.15, 0.2) is 0 Å². The fourth-order valence-electron chi connectivity index (χ4n) is 9.13. The Morgan fingerprint density at radius 1 is 0.558 bits per heavy atom. The highest BCUT2D eigenvalue weighted by atomic mass is 16.8. The van der Waals surface area contributed by atoms with Crippen LogP contribution >= 0.6 is 0 Å². The minimum atomic E-state index is -3.29.